The molecule has 140 valence electrons. The van der Waals surface area contributed by atoms with Gasteiger partial charge in [-0.25, -0.2) is 0 Å². The molecule has 1 N–H and O–H groups in total. The summed E-state index contributed by atoms with van der Waals surface area (Å²) in [6.07, 6.45) is 0.509. The lowest BCUT2D eigenvalue weighted by molar-refractivity contribution is -0.0512. The quantitative estimate of drug-likeness (QED) is 0.753. The maximum absolute atomic E-state index is 12.5. The number of nitrogens with one attached hydrogen (secondary N) is 1. The Labute approximate surface area is 156 Å². The number of benzene rings is 2. The van der Waals surface area contributed by atoms with E-state index in [0.29, 0.717) is 11.4 Å². The van der Waals surface area contributed by atoms with Crippen LogP contribution in [0.1, 0.15) is 29.8 Å². The molecule has 0 radical (unpaired) electrons. The van der Waals surface area contributed by atoms with Gasteiger partial charge in [-0.2, -0.15) is 8.78 Å². The lowest BCUT2D eigenvalue weighted by Crippen LogP contribution is -2.45. The number of methoxy groups -OCH3 is 1. The number of halogens is 3. The molecule has 0 aromatic heterocycles. The molecular weight excluding hydrogens is 364 g/mol. The summed E-state index contributed by atoms with van der Waals surface area (Å²) in [4.78, 5) is 12.5. The predicted octanol–water partition coefficient (Wildman–Crippen LogP) is 4.70. The Kier molecular flexibility index (Phi) is 6.42. The predicted molar refractivity (Wildman–Crippen MR) is 96.3 cm³/mol. The normalized spacial score (nSPS) is 11.3. The van der Waals surface area contributed by atoms with Gasteiger partial charge in [-0.05, 0) is 50.1 Å². The van der Waals surface area contributed by atoms with Gasteiger partial charge in [0.2, 0.25) is 0 Å². The average molecular weight is 384 g/mol. The molecule has 0 saturated heterocycles. The molecule has 0 unspecified atom stereocenters. The fraction of sp³-hybridized carbons (Fsp3) is 0.316. The van der Waals surface area contributed by atoms with Gasteiger partial charge < -0.3 is 14.8 Å². The molecule has 26 heavy (non-hydrogen) atoms. The highest BCUT2D eigenvalue weighted by Crippen LogP contribution is 2.30. The van der Waals surface area contributed by atoms with Gasteiger partial charge in [0.25, 0.3) is 5.91 Å². The smallest absolute Gasteiger partial charge is 0.387 e. The first-order valence-corrected chi connectivity index (χ1v) is 8.28. The summed E-state index contributed by atoms with van der Waals surface area (Å²) in [5, 5.41) is 3.50. The number of rotatable bonds is 7. The van der Waals surface area contributed by atoms with Crippen molar-refractivity contribution >= 4 is 17.5 Å². The molecule has 0 heterocycles. The Balaban J connectivity index is 2.16. The van der Waals surface area contributed by atoms with Crippen LogP contribution in [0, 0.1) is 0 Å². The van der Waals surface area contributed by atoms with E-state index in [4.69, 9.17) is 16.3 Å². The minimum absolute atomic E-state index is 0.122. The van der Waals surface area contributed by atoms with E-state index in [1.165, 1.54) is 25.3 Å². The standard InChI is InChI=1S/C19H20ClF2NO3/c1-19(2,11-13-6-4-5-7-14(13)20)23-17(24)12-8-9-15(25-3)16(10-12)26-18(21)22/h4-10,18H,11H2,1-3H3,(H,23,24). The monoisotopic (exact) mass is 383 g/mol. The number of ether oxygens (including phenoxy) is 2. The van der Waals surface area contributed by atoms with E-state index < -0.39 is 18.1 Å². The zero-order chi connectivity index (χ0) is 19.3. The first-order chi connectivity index (χ1) is 12.2. The van der Waals surface area contributed by atoms with Crippen LogP contribution in [-0.4, -0.2) is 25.2 Å². The van der Waals surface area contributed by atoms with Gasteiger partial charge in [0.15, 0.2) is 11.5 Å². The summed E-state index contributed by atoms with van der Waals surface area (Å²) in [7, 11) is 1.33. The van der Waals surface area contributed by atoms with E-state index in [-0.39, 0.29) is 17.1 Å². The molecule has 4 nitrogen and oxygen atoms in total. The summed E-state index contributed by atoms with van der Waals surface area (Å²) in [5.41, 5.74) is 0.482. The number of carbonyl (C=O) groups is 1. The SMILES string of the molecule is COc1ccc(C(=O)NC(C)(C)Cc2ccccc2Cl)cc1OC(F)F. The molecule has 0 bridgehead atoms. The van der Waals surface area contributed by atoms with Crippen LogP contribution in [0.25, 0.3) is 0 Å². The zero-order valence-electron chi connectivity index (χ0n) is 14.7. The number of hydrogen-bond acceptors (Lipinski definition) is 3. The molecule has 0 atom stereocenters. The van der Waals surface area contributed by atoms with Gasteiger partial charge >= 0.3 is 6.61 Å². The third-order valence-electron chi connectivity index (χ3n) is 3.68. The zero-order valence-corrected chi connectivity index (χ0v) is 15.4. The molecule has 0 aliphatic heterocycles. The number of carbonyl (C=O) groups excluding carboxylic acids is 1. The molecule has 0 aliphatic rings. The maximum atomic E-state index is 12.5. The van der Waals surface area contributed by atoms with E-state index >= 15 is 0 Å². The summed E-state index contributed by atoms with van der Waals surface area (Å²) in [6.45, 7) is 0.696. The molecule has 1 amide bonds. The highest BCUT2D eigenvalue weighted by atomic mass is 35.5. The molecule has 2 aromatic carbocycles. The minimum atomic E-state index is -3.01. The van der Waals surface area contributed by atoms with E-state index in [1.54, 1.807) is 6.07 Å². The number of alkyl halides is 2. The number of hydrogen-bond donors (Lipinski definition) is 1. The summed E-state index contributed by atoms with van der Waals surface area (Å²) in [5.74, 6) is -0.486. The Morgan fingerprint density at radius 1 is 1.19 bits per heavy atom. The van der Waals surface area contributed by atoms with Crippen molar-refractivity contribution in [3.05, 3.63) is 58.6 Å². The van der Waals surface area contributed by atoms with Gasteiger partial charge in [0.1, 0.15) is 0 Å². The third kappa shape index (κ3) is 5.33. The van der Waals surface area contributed by atoms with Crippen molar-refractivity contribution in [1.29, 1.82) is 0 Å². The molecule has 7 heteroatoms. The molecule has 2 aromatic rings. The van der Waals surface area contributed by atoms with Crippen molar-refractivity contribution in [2.45, 2.75) is 32.4 Å². The Hall–Kier alpha value is -2.34. The van der Waals surface area contributed by atoms with Crippen LogP contribution < -0.4 is 14.8 Å². The van der Waals surface area contributed by atoms with Crippen molar-refractivity contribution in [3.63, 3.8) is 0 Å². The van der Waals surface area contributed by atoms with Crippen molar-refractivity contribution < 1.29 is 23.0 Å². The Bertz CT molecular complexity index is 781. The first-order valence-electron chi connectivity index (χ1n) is 7.90. The lowest BCUT2D eigenvalue weighted by Gasteiger charge is -2.27. The van der Waals surface area contributed by atoms with Crippen LogP contribution in [0.2, 0.25) is 5.02 Å². The second-order valence-electron chi connectivity index (χ2n) is 6.35. The Morgan fingerprint density at radius 3 is 2.50 bits per heavy atom. The second-order valence-corrected chi connectivity index (χ2v) is 6.76. The summed E-state index contributed by atoms with van der Waals surface area (Å²) in [6, 6.07) is 11.5. The van der Waals surface area contributed by atoms with E-state index in [9.17, 15) is 13.6 Å². The van der Waals surface area contributed by atoms with Crippen LogP contribution in [0.4, 0.5) is 8.78 Å². The maximum Gasteiger partial charge on any atom is 0.387 e. The molecule has 0 fully saturated rings. The first kappa shape index (κ1) is 20.0. The van der Waals surface area contributed by atoms with Gasteiger partial charge in [-0.15, -0.1) is 0 Å². The van der Waals surface area contributed by atoms with Crippen molar-refractivity contribution in [2.75, 3.05) is 7.11 Å². The van der Waals surface area contributed by atoms with Crippen molar-refractivity contribution in [1.82, 2.24) is 5.32 Å². The van der Waals surface area contributed by atoms with Crippen LogP contribution in [0.15, 0.2) is 42.5 Å². The summed E-state index contributed by atoms with van der Waals surface area (Å²) < 4.78 is 34.4. The fourth-order valence-electron chi connectivity index (χ4n) is 2.55. The van der Waals surface area contributed by atoms with Gasteiger partial charge in [-0.3, -0.25) is 4.79 Å². The van der Waals surface area contributed by atoms with E-state index in [1.807, 2.05) is 32.0 Å². The molecule has 2 rings (SSSR count). The van der Waals surface area contributed by atoms with Crippen LogP contribution in [0.5, 0.6) is 11.5 Å². The lowest BCUT2D eigenvalue weighted by atomic mass is 9.94. The second kappa shape index (κ2) is 8.36. The largest absolute Gasteiger partial charge is 0.493 e. The van der Waals surface area contributed by atoms with E-state index in [0.717, 1.165) is 5.56 Å². The van der Waals surface area contributed by atoms with Gasteiger partial charge in [0.05, 0.1) is 7.11 Å². The third-order valence-corrected chi connectivity index (χ3v) is 4.05. The highest BCUT2D eigenvalue weighted by molar-refractivity contribution is 6.31. The minimum Gasteiger partial charge on any atom is -0.493 e. The molecule has 0 spiro atoms. The topological polar surface area (TPSA) is 47.6 Å². The average Bonchev–Trinajstić information content (AvgIpc) is 2.55. The summed E-state index contributed by atoms with van der Waals surface area (Å²) >= 11 is 6.17. The van der Waals surface area contributed by atoms with Crippen LogP contribution in [0.3, 0.4) is 0 Å². The van der Waals surface area contributed by atoms with Gasteiger partial charge in [-0.1, -0.05) is 29.8 Å². The van der Waals surface area contributed by atoms with Gasteiger partial charge in [0, 0.05) is 16.1 Å². The van der Waals surface area contributed by atoms with Crippen molar-refractivity contribution in [3.8, 4) is 11.5 Å². The molecular formula is C19H20ClF2NO3. The number of amides is 1. The van der Waals surface area contributed by atoms with Crippen molar-refractivity contribution in [2.24, 2.45) is 0 Å². The fourth-order valence-corrected chi connectivity index (χ4v) is 2.75. The van der Waals surface area contributed by atoms with Crippen LogP contribution >= 0.6 is 11.6 Å². The molecule has 0 saturated carbocycles. The van der Waals surface area contributed by atoms with Crippen LogP contribution in [-0.2, 0) is 6.42 Å². The Morgan fingerprint density at radius 2 is 1.88 bits per heavy atom. The highest BCUT2D eigenvalue weighted by Gasteiger charge is 2.24. The van der Waals surface area contributed by atoms with E-state index in [2.05, 4.69) is 10.1 Å². The molecule has 0 aliphatic carbocycles.